The van der Waals surface area contributed by atoms with E-state index in [1.807, 2.05) is 12.1 Å². The van der Waals surface area contributed by atoms with Gasteiger partial charge in [-0.15, -0.1) is 0 Å². The average Bonchev–Trinajstić information content (AvgIpc) is 3.39. The number of carbonyl (C=O) groups excluding carboxylic acids is 3. The average molecular weight is 465 g/mol. The highest BCUT2D eigenvalue weighted by atomic mass is 32.2. The quantitative estimate of drug-likeness (QED) is 0.477. The number of para-hydroxylation sites is 2. The molecule has 2 heterocycles. The second kappa shape index (κ2) is 9.09. The van der Waals surface area contributed by atoms with E-state index in [-0.39, 0.29) is 30.8 Å². The lowest BCUT2D eigenvalue weighted by Gasteiger charge is -2.32. The highest BCUT2D eigenvalue weighted by Gasteiger charge is 2.52. The second-order valence-electron chi connectivity index (χ2n) is 8.82. The standard InChI is InChI=1S/C25H28N4O3S/c30-22(12-17-29-23(31)25(27-24(29)32)13-5-6-14-25)26-15-7-16-28-18-8-1-3-10-20(18)33-21-11-4-2-9-19(21)28/h1-4,8-11H,5-7,12-17H2,(H,26,30)(H,27,32). The van der Waals surface area contributed by atoms with Crippen molar-refractivity contribution in [1.82, 2.24) is 15.5 Å². The highest BCUT2D eigenvalue weighted by molar-refractivity contribution is 7.99. The molecule has 7 nitrogen and oxygen atoms in total. The van der Waals surface area contributed by atoms with Gasteiger partial charge in [-0.05, 0) is 43.5 Å². The van der Waals surface area contributed by atoms with Gasteiger partial charge < -0.3 is 15.5 Å². The first-order valence-electron chi connectivity index (χ1n) is 11.6. The molecule has 2 fully saturated rings. The molecular weight excluding hydrogens is 436 g/mol. The van der Waals surface area contributed by atoms with Gasteiger partial charge in [0.15, 0.2) is 0 Å². The molecule has 1 saturated carbocycles. The van der Waals surface area contributed by atoms with E-state index in [0.717, 1.165) is 25.8 Å². The van der Waals surface area contributed by atoms with Gasteiger partial charge in [0.2, 0.25) is 5.91 Å². The third-order valence-corrected chi connectivity index (χ3v) is 7.81. The summed E-state index contributed by atoms with van der Waals surface area (Å²) in [6.45, 7) is 1.45. The number of carbonyl (C=O) groups is 3. The maximum atomic E-state index is 12.7. The fourth-order valence-corrected chi connectivity index (χ4v) is 6.08. The minimum atomic E-state index is -0.715. The molecule has 5 rings (SSSR count). The Balaban J connectivity index is 1.12. The van der Waals surface area contributed by atoms with Crippen LogP contribution >= 0.6 is 11.8 Å². The number of amides is 4. The van der Waals surface area contributed by atoms with Gasteiger partial charge in [-0.25, -0.2) is 4.79 Å². The maximum absolute atomic E-state index is 12.7. The normalized spacial score (nSPS) is 18.3. The van der Waals surface area contributed by atoms with Crippen LogP contribution in [0, 0.1) is 0 Å². The minimum Gasteiger partial charge on any atom is -0.356 e. The number of nitrogens with one attached hydrogen (secondary N) is 2. The zero-order valence-electron chi connectivity index (χ0n) is 18.5. The van der Waals surface area contributed by atoms with Gasteiger partial charge in [-0.1, -0.05) is 48.9 Å². The molecule has 0 atom stereocenters. The predicted molar refractivity (Wildman–Crippen MR) is 128 cm³/mol. The Labute approximate surface area is 197 Å². The molecule has 2 aliphatic heterocycles. The number of hydrogen-bond acceptors (Lipinski definition) is 5. The van der Waals surface area contributed by atoms with Gasteiger partial charge in [-0.2, -0.15) is 0 Å². The third-order valence-electron chi connectivity index (χ3n) is 6.68. The third kappa shape index (κ3) is 4.19. The molecule has 4 amide bonds. The first kappa shape index (κ1) is 21.8. The van der Waals surface area contributed by atoms with Crippen molar-refractivity contribution in [1.29, 1.82) is 0 Å². The molecule has 2 aromatic rings. The van der Waals surface area contributed by atoms with E-state index in [1.54, 1.807) is 11.8 Å². The molecule has 2 N–H and O–H groups in total. The molecular formula is C25H28N4O3S. The molecule has 0 unspecified atom stereocenters. The second-order valence-corrected chi connectivity index (χ2v) is 9.90. The van der Waals surface area contributed by atoms with Crippen molar-refractivity contribution in [3.63, 3.8) is 0 Å². The van der Waals surface area contributed by atoms with Gasteiger partial charge in [0.1, 0.15) is 5.54 Å². The zero-order valence-corrected chi connectivity index (χ0v) is 19.3. The van der Waals surface area contributed by atoms with Crippen LogP contribution < -0.4 is 15.5 Å². The number of fused-ring (bicyclic) bond motifs is 2. The van der Waals surface area contributed by atoms with Crippen molar-refractivity contribution in [2.45, 2.75) is 53.9 Å². The summed E-state index contributed by atoms with van der Waals surface area (Å²) in [7, 11) is 0. The Morgan fingerprint density at radius 1 is 0.939 bits per heavy atom. The maximum Gasteiger partial charge on any atom is 0.325 e. The fraction of sp³-hybridized carbons (Fsp3) is 0.400. The molecule has 0 aromatic heterocycles. The molecule has 1 spiro atoms. The van der Waals surface area contributed by atoms with E-state index in [9.17, 15) is 14.4 Å². The monoisotopic (exact) mass is 464 g/mol. The fourth-order valence-electron chi connectivity index (χ4n) is 4.99. The van der Waals surface area contributed by atoms with E-state index in [4.69, 9.17) is 0 Å². The summed E-state index contributed by atoms with van der Waals surface area (Å²) in [5.41, 5.74) is 1.66. The molecule has 33 heavy (non-hydrogen) atoms. The summed E-state index contributed by atoms with van der Waals surface area (Å²) in [6.07, 6.45) is 4.20. The predicted octanol–water partition coefficient (Wildman–Crippen LogP) is 4.05. The lowest BCUT2D eigenvalue weighted by atomic mass is 9.98. The van der Waals surface area contributed by atoms with E-state index >= 15 is 0 Å². The summed E-state index contributed by atoms with van der Waals surface area (Å²) in [5.74, 6) is -0.309. The Morgan fingerprint density at radius 3 is 2.24 bits per heavy atom. The highest BCUT2D eigenvalue weighted by Crippen LogP contribution is 2.47. The smallest absolute Gasteiger partial charge is 0.325 e. The number of nitrogens with zero attached hydrogens (tertiary/aromatic N) is 2. The van der Waals surface area contributed by atoms with E-state index in [1.165, 1.54) is 26.1 Å². The van der Waals surface area contributed by atoms with E-state index in [2.05, 4.69) is 51.9 Å². The van der Waals surface area contributed by atoms with Crippen molar-refractivity contribution in [3.8, 4) is 0 Å². The Hall–Kier alpha value is -3.00. The topological polar surface area (TPSA) is 81.8 Å². The molecule has 3 aliphatic rings. The first-order chi connectivity index (χ1) is 16.1. The van der Waals surface area contributed by atoms with Crippen LogP contribution in [-0.4, -0.2) is 47.9 Å². The van der Waals surface area contributed by atoms with Crippen molar-refractivity contribution in [2.75, 3.05) is 24.5 Å². The number of hydrogen-bond donors (Lipinski definition) is 2. The van der Waals surface area contributed by atoms with Crippen LogP contribution in [-0.2, 0) is 9.59 Å². The lowest BCUT2D eigenvalue weighted by Crippen LogP contribution is -2.44. The summed E-state index contributed by atoms with van der Waals surface area (Å²) >= 11 is 1.78. The number of imide groups is 1. The number of urea groups is 1. The zero-order chi connectivity index (χ0) is 22.8. The molecule has 0 bridgehead atoms. The van der Waals surface area contributed by atoms with E-state index in [0.29, 0.717) is 19.4 Å². The van der Waals surface area contributed by atoms with Crippen LogP contribution in [0.2, 0.25) is 0 Å². The SMILES string of the molecule is O=C(CCN1C(=O)NC2(CCCC2)C1=O)NCCCN1c2ccccc2Sc2ccccc21. The van der Waals surface area contributed by atoms with Crippen LogP contribution in [0.1, 0.15) is 38.5 Å². The van der Waals surface area contributed by atoms with Gasteiger partial charge >= 0.3 is 6.03 Å². The summed E-state index contributed by atoms with van der Waals surface area (Å²) in [6, 6.07) is 16.4. The Kier molecular flexibility index (Phi) is 6.01. The minimum absolute atomic E-state index is 0.126. The van der Waals surface area contributed by atoms with Gasteiger partial charge in [0.05, 0.1) is 11.4 Å². The van der Waals surface area contributed by atoms with Crippen molar-refractivity contribution < 1.29 is 14.4 Å². The molecule has 1 aliphatic carbocycles. The number of benzene rings is 2. The van der Waals surface area contributed by atoms with Crippen LogP contribution in [0.25, 0.3) is 0 Å². The van der Waals surface area contributed by atoms with Crippen LogP contribution in [0.3, 0.4) is 0 Å². The molecule has 2 aromatic carbocycles. The summed E-state index contributed by atoms with van der Waals surface area (Å²) < 4.78 is 0. The van der Waals surface area contributed by atoms with Crippen molar-refractivity contribution in [2.24, 2.45) is 0 Å². The van der Waals surface area contributed by atoms with Crippen molar-refractivity contribution >= 4 is 41.0 Å². The molecule has 1 saturated heterocycles. The van der Waals surface area contributed by atoms with Crippen LogP contribution in [0.15, 0.2) is 58.3 Å². The lowest BCUT2D eigenvalue weighted by molar-refractivity contribution is -0.131. The first-order valence-corrected chi connectivity index (χ1v) is 12.4. The van der Waals surface area contributed by atoms with Gasteiger partial charge in [0, 0.05) is 35.8 Å². The Morgan fingerprint density at radius 2 is 1.58 bits per heavy atom. The van der Waals surface area contributed by atoms with Crippen LogP contribution in [0.5, 0.6) is 0 Å². The van der Waals surface area contributed by atoms with E-state index < -0.39 is 5.54 Å². The summed E-state index contributed by atoms with van der Waals surface area (Å²) in [5, 5.41) is 5.80. The molecule has 0 radical (unpaired) electrons. The van der Waals surface area contributed by atoms with Gasteiger partial charge in [-0.3, -0.25) is 14.5 Å². The van der Waals surface area contributed by atoms with Gasteiger partial charge in [0.25, 0.3) is 5.91 Å². The Bertz CT molecular complexity index is 1040. The number of rotatable bonds is 7. The largest absolute Gasteiger partial charge is 0.356 e. The molecule has 8 heteroatoms. The number of anilines is 2. The van der Waals surface area contributed by atoms with Crippen LogP contribution in [0.4, 0.5) is 16.2 Å². The van der Waals surface area contributed by atoms with Crippen molar-refractivity contribution in [3.05, 3.63) is 48.5 Å². The molecule has 172 valence electrons. The summed E-state index contributed by atoms with van der Waals surface area (Å²) in [4.78, 5) is 43.3.